The summed E-state index contributed by atoms with van der Waals surface area (Å²) >= 11 is 0. The molecule has 0 fully saturated rings. The monoisotopic (exact) mass is 569 g/mol. The molecule has 2 aromatic heterocycles. The molecule has 0 unspecified atom stereocenters. The molecule has 0 amide bonds. The molecular weight excluding hydrogens is 534 g/mol. The standard InChI is InChI=1S/C37H35N3O3/c1-37(23-6-24-38-41,29-13-19-33(20-14-29)42-25-31-17-11-27-7-2-4-9-35(27)39-31)30-15-21-34(22-16-30)43-26-32-18-12-28-8-3-5-10-36(28)40-32/h2-5,7-22,38,41H,6,23-26H2,1H3. The van der Waals surface area contributed by atoms with E-state index in [4.69, 9.17) is 19.4 Å². The summed E-state index contributed by atoms with van der Waals surface area (Å²) in [6.07, 6.45) is 1.66. The van der Waals surface area contributed by atoms with Gasteiger partial charge in [0.1, 0.15) is 24.7 Å². The number of fused-ring (bicyclic) bond motifs is 2. The summed E-state index contributed by atoms with van der Waals surface area (Å²) in [6.45, 7) is 3.57. The van der Waals surface area contributed by atoms with E-state index in [1.54, 1.807) is 0 Å². The van der Waals surface area contributed by atoms with Gasteiger partial charge in [-0.05, 0) is 72.5 Å². The van der Waals surface area contributed by atoms with Crippen LogP contribution in [0.2, 0.25) is 0 Å². The van der Waals surface area contributed by atoms with E-state index in [9.17, 15) is 5.21 Å². The molecule has 0 aliphatic heterocycles. The van der Waals surface area contributed by atoms with Gasteiger partial charge in [0.25, 0.3) is 0 Å². The van der Waals surface area contributed by atoms with Gasteiger partial charge in [-0.15, -0.1) is 0 Å². The fourth-order valence-electron chi connectivity index (χ4n) is 5.51. The molecule has 0 aliphatic rings. The maximum absolute atomic E-state index is 9.21. The quantitative estimate of drug-likeness (QED) is 0.115. The highest BCUT2D eigenvalue weighted by molar-refractivity contribution is 5.79. The van der Waals surface area contributed by atoms with Crippen LogP contribution in [0, 0.1) is 0 Å². The van der Waals surface area contributed by atoms with Gasteiger partial charge < -0.3 is 14.7 Å². The van der Waals surface area contributed by atoms with Crippen molar-refractivity contribution in [1.29, 1.82) is 0 Å². The Morgan fingerprint density at radius 3 is 1.53 bits per heavy atom. The zero-order valence-electron chi connectivity index (χ0n) is 24.2. The lowest BCUT2D eigenvalue weighted by Crippen LogP contribution is -2.25. The molecule has 6 nitrogen and oxygen atoms in total. The maximum atomic E-state index is 9.21. The number of benzene rings is 4. The van der Waals surface area contributed by atoms with Crippen LogP contribution < -0.4 is 15.0 Å². The van der Waals surface area contributed by atoms with Crippen LogP contribution >= 0.6 is 0 Å². The lowest BCUT2D eigenvalue weighted by molar-refractivity contribution is 0.163. The van der Waals surface area contributed by atoms with E-state index in [-0.39, 0.29) is 5.41 Å². The van der Waals surface area contributed by atoms with Crippen LogP contribution in [0.15, 0.2) is 121 Å². The first-order valence-corrected chi connectivity index (χ1v) is 14.6. The van der Waals surface area contributed by atoms with E-state index >= 15 is 0 Å². The summed E-state index contributed by atoms with van der Waals surface area (Å²) in [6, 6.07) is 41.0. The summed E-state index contributed by atoms with van der Waals surface area (Å²) in [5.74, 6) is 1.59. The predicted molar refractivity (Wildman–Crippen MR) is 171 cm³/mol. The van der Waals surface area contributed by atoms with Gasteiger partial charge in [-0.25, -0.2) is 15.4 Å². The zero-order valence-corrected chi connectivity index (χ0v) is 24.2. The van der Waals surface area contributed by atoms with Crippen molar-refractivity contribution in [2.75, 3.05) is 6.54 Å². The highest BCUT2D eigenvalue weighted by Crippen LogP contribution is 2.38. The van der Waals surface area contributed by atoms with Crippen LogP contribution in [0.4, 0.5) is 0 Å². The Morgan fingerprint density at radius 1 is 0.605 bits per heavy atom. The van der Waals surface area contributed by atoms with Crippen molar-refractivity contribution in [3.8, 4) is 11.5 Å². The van der Waals surface area contributed by atoms with E-state index in [1.807, 2.05) is 72.8 Å². The summed E-state index contributed by atoms with van der Waals surface area (Å²) in [4.78, 5) is 9.43. The second kappa shape index (κ2) is 13.0. The number of para-hydroxylation sites is 2. The van der Waals surface area contributed by atoms with Gasteiger partial charge >= 0.3 is 0 Å². The van der Waals surface area contributed by atoms with Crippen molar-refractivity contribution in [3.05, 3.63) is 144 Å². The molecule has 6 rings (SSSR count). The lowest BCUT2D eigenvalue weighted by atomic mass is 9.73. The average Bonchev–Trinajstić information content (AvgIpc) is 3.06. The topological polar surface area (TPSA) is 76.5 Å². The molecule has 4 aromatic carbocycles. The van der Waals surface area contributed by atoms with Gasteiger partial charge in [-0.1, -0.05) is 79.7 Å². The van der Waals surface area contributed by atoms with E-state index in [1.165, 1.54) is 11.1 Å². The van der Waals surface area contributed by atoms with E-state index in [2.05, 4.69) is 60.9 Å². The van der Waals surface area contributed by atoms with E-state index in [0.717, 1.165) is 57.5 Å². The van der Waals surface area contributed by atoms with Gasteiger partial charge in [-0.3, -0.25) is 0 Å². The van der Waals surface area contributed by atoms with Gasteiger partial charge in [0.05, 0.1) is 22.4 Å². The number of hydroxylamine groups is 1. The third kappa shape index (κ3) is 6.67. The number of hydrogen-bond acceptors (Lipinski definition) is 6. The molecule has 43 heavy (non-hydrogen) atoms. The van der Waals surface area contributed by atoms with Crippen LogP contribution in [-0.4, -0.2) is 21.7 Å². The number of pyridine rings is 2. The Labute approximate surface area is 251 Å². The second-order valence-electron chi connectivity index (χ2n) is 11.0. The Hall–Kier alpha value is -4.78. The largest absolute Gasteiger partial charge is 0.487 e. The zero-order chi connectivity index (χ0) is 29.5. The molecule has 0 atom stereocenters. The van der Waals surface area contributed by atoms with Gasteiger partial charge in [-0.2, -0.15) is 0 Å². The van der Waals surface area contributed by atoms with Crippen molar-refractivity contribution in [2.24, 2.45) is 0 Å². The first-order valence-electron chi connectivity index (χ1n) is 14.6. The minimum atomic E-state index is -0.270. The third-order valence-corrected chi connectivity index (χ3v) is 8.03. The molecule has 6 heteroatoms. The molecule has 0 radical (unpaired) electrons. The van der Waals surface area contributed by atoms with Crippen LogP contribution in [0.25, 0.3) is 21.8 Å². The van der Waals surface area contributed by atoms with Crippen molar-refractivity contribution in [2.45, 2.75) is 38.4 Å². The fraction of sp³-hybridized carbons (Fsp3) is 0.189. The molecule has 216 valence electrons. The van der Waals surface area contributed by atoms with Crippen LogP contribution in [0.5, 0.6) is 11.5 Å². The lowest BCUT2D eigenvalue weighted by Gasteiger charge is -2.31. The summed E-state index contributed by atoms with van der Waals surface area (Å²) < 4.78 is 12.2. The molecule has 2 N–H and O–H groups in total. The number of aromatic nitrogens is 2. The van der Waals surface area contributed by atoms with Crippen molar-refractivity contribution < 1.29 is 14.7 Å². The first-order chi connectivity index (χ1) is 21.1. The molecule has 0 spiro atoms. The normalized spacial score (nSPS) is 11.6. The van der Waals surface area contributed by atoms with Crippen molar-refractivity contribution in [3.63, 3.8) is 0 Å². The highest BCUT2D eigenvalue weighted by atomic mass is 16.5. The maximum Gasteiger partial charge on any atom is 0.130 e. The third-order valence-electron chi connectivity index (χ3n) is 8.03. The number of rotatable bonds is 12. The molecule has 0 aliphatic carbocycles. The van der Waals surface area contributed by atoms with E-state index in [0.29, 0.717) is 19.8 Å². The van der Waals surface area contributed by atoms with Crippen LogP contribution in [0.1, 0.15) is 42.3 Å². The fourth-order valence-corrected chi connectivity index (χ4v) is 5.51. The predicted octanol–water partition coefficient (Wildman–Crippen LogP) is 8.01. The SMILES string of the molecule is CC(CCCNO)(c1ccc(OCc2ccc3ccccc3n2)cc1)c1ccc(OCc2ccc3ccccc3n2)cc1. The average molecular weight is 570 g/mol. The van der Waals surface area contributed by atoms with Crippen molar-refractivity contribution in [1.82, 2.24) is 15.4 Å². The highest BCUT2D eigenvalue weighted by Gasteiger charge is 2.28. The summed E-state index contributed by atoms with van der Waals surface area (Å²) in [7, 11) is 0. The smallest absolute Gasteiger partial charge is 0.130 e. The molecule has 0 saturated heterocycles. The molecule has 0 bridgehead atoms. The molecule has 2 heterocycles. The molecule has 6 aromatic rings. The van der Waals surface area contributed by atoms with Gasteiger partial charge in [0, 0.05) is 22.7 Å². The van der Waals surface area contributed by atoms with Crippen LogP contribution in [0.3, 0.4) is 0 Å². The number of nitrogens with zero attached hydrogens (tertiary/aromatic N) is 2. The first kappa shape index (κ1) is 28.3. The Balaban J connectivity index is 1.14. The Kier molecular flexibility index (Phi) is 8.59. The number of nitrogens with one attached hydrogen (secondary N) is 1. The Morgan fingerprint density at radius 2 is 1.07 bits per heavy atom. The molecule has 0 saturated carbocycles. The minimum absolute atomic E-state index is 0.270. The van der Waals surface area contributed by atoms with Gasteiger partial charge in [0.15, 0.2) is 0 Å². The van der Waals surface area contributed by atoms with Crippen LogP contribution in [-0.2, 0) is 18.6 Å². The number of hydrogen-bond donors (Lipinski definition) is 2. The summed E-state index contributed by atoms with van der Waals surface area (Å²) in [5, 5.41) is 11.4. The molecular formula is C37H35N3O3. The number of ether oxygens (including phenoxy) is 2. The summed E-state index contributed by atoms with van der Waals surface area (Å²) in [5.41, 5.74) is 8.10. The van der Waals surface area contributed by atoms with Crippen molar-refractivity contribution >= 4 is 21.8 Å². The van der Waals surface area contributed by atoms with E-state index < -0.39 is 0 Å². The Bertz CT molecular complexity index is 1680. The second-order valence-corrected chi connectivity index (χ2v) is 11.0. The minimum Gasteiger partial charge on any atom is -0.487 e. The van der Waals surface area contributed by atoms with Gasteiger partial charge in [0.2, 0.25) is 0 Å².